The molecule has 3 rings (SSSR count). The van der Waals surface area contributed by atoms with E-state index in [1.165, 1.54) is 35.9 Å². The first-order valence-corrected chi connectivity index (χ1v) is 12.4. The van der Waals surface area contributed by atoms with E-state index in [-0.39, 0.29) is 22.2 Å². The average molecular weight is 538 g/mol. The van der Waals surface area contributed by atoms with Gasteiger partial charge in [-0.25, -0.2) is 14.6 Å². The lowest BCUT2D eigenvalue weighted by Gasteiger charge is -2.49. The molecular formula is C21H23N5O8S2. The zero-order chi connectivity index (χ0) is 26.6. The molecule has 1 aromatic heterocycles. The SMILES string of the molecule is C/C=C\C1=C(C(=O)OC(C)OC(C)=O)N2C(=O)C(NC(=O)/C(=N\OC(C)=O)c3csc(N)n3)[C@H]2SC1. The second kappa shape index (κ2) is 11.3. The Labute approximate surface area is 213 Å². The van der Waals surface area contributed by atoms with Crippen molar-refractivity contribution in [2.24, 2.45) is 5.16 Å². The summed E-state index contributed by atoms with van der Waals surface area (Å²) in [4.78, 5) is 71.1. The summed E-state index contributed by atoms with van der Waals surface area (Å²) >= 11 is 2.37. The van der Waals surface area contributed by atoms with Crippen molar-refractivity contribution < 1.29 is 38.3 Å². The Balaban J connectivity index is 1.81. The number of allylic oxidation sites excluding steroid dienone is 2. The number of thioether (sulfide) groups is 1. The number of nitrogens with one attached hydrogen (secondary N) is 1. The number of anilines is 1. The standard InChI is InChI=1S/C21H23N5O8S2/c1-5-6-12-7-35-19-15(18(30)26(19)16(12)20(31)33-11(4)32-9(2)27)24-17(29)14(25-34-10(3)28)13-8-36-21(22)23-13/h5-6,8,11,15,19H,7H2,1-4H3,(H2,22,23)(H,24,29)/b6-5-,25-14-/t11?,15?,19-/m1/s1. The smallest absolute Gasteiger partial charge is 0.358 e. The number of carbonyl (C=O) groups is 5. The Hall–Kier alpha value is -3.72. The molecule has 15 heteroatoms. The minimum Gasteiger partial charge on any atom is -0.426 e. The molecule has 13 nitrogen and oxygen atoms in total. The van der Waals surface area contributed by atoms with Gasteiger partial charge in [0, 0.05) is 31.9 Å². The Morgan fingerprint density at radius 2 is 2.00 bits per heavy atom. The molecule has 0 aliphatic carbocycles. The summed E-state index contributed by atoms with van der Waals surface area (Å²) in [5, 5.41) is 7.10. The predicted molar refractivity (Wildman–Crippen MR) is 129 cm³/mol. The molecule has 1 aromatic rings. The Kier molecular flexibility index (Phi) is 8.47. The molecule has 3 N–H and O–H groups in total. The third-order valence-corrected chi connectivity index (χ3v) is 6.67. The van der Waals surface area contributed by atoms with Crippen molar-refractivity contribution in [1.29, 1.82) is 0 Å². The number of hydrogen-bond acceptors (Lipinski definition) is 13. The fraction of sp³-hybridized carbons (Fsp3) is 0.381. The number of aromatic nitrogens is 1. The number of carbonyl (C=O) groups excluding carboxylic acids is 5. The number of oxime groups is 1. The Bertz CT molecular complexity index is 1190. The molecule has 2 aliphatic rings. The highest BCUT2D eigenvalue weighted by Gasteiger charge is 2.54. The van der Waals surface area contributed by atoms with E-state index in [0.29, 0.717) is 11.3 Å². The van der Waals surface area contributed by atoms with Crippen LogP contribution in [-0.2, 0) is 38.3 Å². The first-order chi connectivity index (χ1) is 17.0. The average Bonchev–Trinajstić information content (AvgIpc) is 3.22. The molecule has 3 heterocycles. The van der Waals surface area contributed by atoms with Crippen molar-refractivity contribution in [3.63, 3.8) is 0 Å². The largest absolute Gasteiger partial charge is 0.426 e. The number of esters is 2. The molecule has 0 saturated carbocycles. The number of thiazole rings is 1. The molecule has 0 bridgehead atoms. The lowest BCUT2D eigenvalue weighted by Crippen LogP contribution is -2.71. The predicted octanol–water partition coefficient (Wildman–Crippen LogP) is 0.675. The van der Waals surface area contributed by atoms with Crippen LogP contribution < -0.4 is 11.1 Å². The topological polar surface area (TPSA) is 180 Å². The van der Waals surface area contributed by atoms with Gasteiger partial charge in [0.1, 0.15) is 22.8 Å². The molecule has 0 aromatic carbocycles. The summed E-state index contributed by atoms with van der Waals surface area (Å²) in [5.74, 6) is -3.30. The van der Waals surface area contributed by atoms with Gasteiger partial charge >= 0.3 is 17.9 Å². The highest BCUT2D eigenvalue weighted by Crippen LogP contribution is 2.41. The van der Waals surface area contributed by atoms with Gasteiger partial charge in [0.15, 0.2) is 10.8 Å². The zero-order valence-corrected chi connectivity index (χ0v) is 21.3. The fourth-order valence-electron chi connectivity index (χ4n) is 3.35. The maximum atomic E-state index is 13.1. The first kappa shape index (κ1) is 26.9. The van der Waals surface area contributed by atoms with Crippen molar-refractivity contribution in [1.82, 2.24) is 15.2 Å². The van der Waals surface area contributed by atoms with Crippen LogP contribution in [0.3, 0.4) is 0 Å². The van der Waals surface area contributed by atoms with Crippen molar-refractivity contribution in [2.45, 2.75) is 45.4 Å². The van der Waals surface area contributed by atoms with Crippen molar-refractivity contribution >= 4 is 63.7 Å². The molecule has 0 spiro atoms. The number of nitrogens with zero attached hydrogens (tertiary/aromatic N) is 3. The van der Waals surface area contributed by atoms with Gasteiger partial charge in [-0.3, -0.25) is 19.3 Å². The second-order valence-electron chi connectivity index (χ2n) is 7.41. The van der Waals surface area contributed by atoms with E-state index in [4.69, 9.17) is 15.2 Å². The van der Waals surface area contributed by atoms with Crippen LogP contribution in [0.2, 0.25) is 0 Å². The number of amides is 2. The number of nitrogens with two attached hydrogens (primary N) is 1. The number of fused-ring (bicyclic) bond motifs is 1. The normalized spacial score (nSPS) is 20.4. The van der Waals surface area contributed by atoms with Crippen molar-refractivity contribution in [3.05, 3.63) is 34.5 Å². The van der Waals surface area contributed by atoms with E-state index in [1.54, 1.807) is 19.1 Å². The van der Waals surface area contributed by atoms with E-state index in [0.717, 1.165) is 18.3 Å². The van der Waals surface area contributed by atoms with Crippen LogP contribution in [0.25, 0.3) is 0 Å². The molecular weight excluding hydrogens is 514 g/mol. The molecule has 0 radical (unpaired) electrons. The quantitative estimate of drug-likeness (QED) is 0.119. The summed E-state index contributed by atoms with van der Waals surface area (Å²) in [7, 11) is 0. The molecule has 2 aliphatic heterocycles. The van der Waals surface area contributed by atoms with Gasteiger partial charge in [-0.15, -0.1) is 23.1 Å². The van der Waals surface area contributed by atoms with Crippen LogP contribution in [-0.4, -0.2) is 68.8 Å². The minimum absolute atomic E-state index is 0.00701. The van der Waals surface area contributed by atoms with E-state index >= 15 is 0 Å². The Morgan fingerprint density at radius 3 is 2.58 bits per heavy atom. The van der Waals surface area contributed by atoms with Crippen LogP contribution in [0.1, 0.15) is 33.4 Å². The Morgan fingerprint density at radius 1 is 1.28 bits per heavy atom. The van der Waals surface area contributed by atoms with E-state index in [2.05, 4.69) is 20.3 Å². The lowest BCUT2D eigenvalue weighted by molar-refractivity contribution is -0.182. The van der Waals surface area contributed by atoms with Gasteiger partial charge < -0.3 is 25.4 Å². The van der Waals surface area contributed by atoms with Crippen molar-refractivity contribution in [3.8, 4) is 0 Å². The third-order valence-electron chi connectivity index (χ3n) is 4.70. The molecule has 2 amide bonds. The van der Waals surface area contributed by atoms with Gasteiger partial charge in [-0.1, -0.05) is 17.3 Å². The van der Waals surface area contributed by atoms with Gasteiger partial charge in [-0.05, 0) is 12.5 Å². The summed E-state index contributed by atoms with van der Waals surface area (Å²) in [6.45, 7) is 5.41. The number of ether oxygens (including phenoxy) is 2. The zero-order valence-electron chi connectivity index (χ0n) is 19.7. The fourth-order valence-corrected chi connectivity index (χ4v) is 5.21. The number of β-lactam (4-membered cyclic amide) rings is 1. The van der Waals surface area contributed by atoms with Crippen LogP contribution in [0.4, 0.5) is 5.13 Å². The summed E-state index contributed by atoms with van der Waals surface area (Å²) in [5.41, 5.74) is 5.88. The van der Waals surface area contributed by atoms with Crippen LogP contribution >= 0.6 is 23.1 Å². The molecule has 192 valence electrons. The van der Waals surface area contributed by atoms with Gasteiger partial charge in [0.25, 0.3) is 11.8 Å². The third kappa shape index (κ3) is 5.91. The van der Waals surface area contributed by atoms with Crippen LogP contribution in [0.15, 0.2) is 34.0 Å². The van der Waals surface area contributed by atoms with Crippen LogP contribution in [0, 0.1) is 0 Å². The summed E-state index contributed by atoms with van der Waals surface area (Å²) in [6, 6.07) is -1.01. The van der Waals surface area contributed by atoms with E-state index in [1.807, 2.05) is 0 Å². The number of nitrogen functional groups attached to an aromatic ring is 1. The number of rotatable bonds is 8. The van der Waals surface area contributed by atoms with Crippen molar-refractivity contribution in [2.75, 3.05) is 11.5 Å². The van der Waals surface area contributed by atoms with Gasteiger partial charge in [0.2, 0.25) is 6.29 Å². The summed E-state index contributed by atoms with van der Waals surface area (Å²) in [6.07, 6.45) is 2.21. The first-order valence-electron chi connectivity index (χ1n) is 10.5. The molecule has 3 atom stereocenters. The molecule has 2 unspecified atom stereocenters. The molecule has 1 fully saturated rings. The van der Waals surface area contributed by atoms with Gasteiger partial charge in [0.05, 0.1) is 0 Å². The van der Waals surface area contributed by atoms with Crippen LogP contribution in [0.5, 0.6) is 0 Å². The minimum atomic E-state index is -1.17. The highest BCUT2D eigenvalue weighted by atomic mass is 32.2. The van der Waals surface area contributed by atoms with E-state index in [9.17, 15) is 24.0 Å². The molecule has 36 heavy (non-hydrogen) atoms. The van der Waals surface area contributed by atoms with Gasteiger partial charge in [-0.2, -0.15) is 0 Å². The maximum Gasteiger partial charge on any atom is 0.358 e. The number of hydrogen-bond donors (Lipinski definition) is 2. The molecule has 1 saturated heterocycles. The monoisotopic (exact) mass is 537 g/mol. The summed E-state index contributed by atoms with van der Waals surface area (Å²) < 4.78 is 10.0. The second-order valence-corrected chi connectivity index (χ2v) is 9.41. The lowest BCUT2D eigenvalue weighted by atomic mass is 10.0. The van der Waals surface area contributed by atoms with E-state index < -0.39 is 47.4 Å². The highest BCUT2D eigenvalue weighted by molar-refractivity contribution is 8.00. The maximum absolute atomic E-state index is 13.1.